The molecule has 0 spiro atoms. The van der Waals surface area contributed by atoms with Crippen molar-refractivity contribution in [1.82, 2.24) is 0 Å². The van der Waals surface area contributed by atoms with Gasteiger partial charge in [0.1, 0.15) is 0 Å². The number of rotatable bonds is 3. The van der Waals surface area contributed by atoms with Crippen molar-refractivity contribution in [1.29, 1.82) is 0 Å². The lowest BCUT2D eigenvalue weighted by molar-refractivity contribution is 0.813. The first-order valence-electron chi connectivity index (χ1n) is 2.76. The van der Waals surface area contributed by atoms with Gasteiger partial charge in [0.25, 0.3) is 0 Å². The summed E-state index contributed by atoms with van der Waals surface area (Å²) in [7, 11) is 0. The van der Waals surface area contributed by atoms with Crippen molar-refractivity contribution in [3.05, 3.63) is 7.66 Å². The van der Waals surface area contributed by atoms with Crippen molar-refractivity contribution < 1.29 is 0 Å². The first-order chi connectivity index (χ1) is 3.81. The van der Waals surface area contributed by atoms with E-state index in [2.05, 4.69) is 56.2 Å². The van der Waals surface area contributed by atoms with E-state index in [0.717, 1.165) is 0 Å². The number of halogens is 2. The molecular formula is C6H10I2. The van der Waals surface area contributed by atoms with Gasteiger partial charge in [-0.25, -0.2) is 0 Å². The largest absolute Gasteiger partial charge is 0.0654 e. The molecule has 0 atom stereocenters. The molecule has 0 saturated heterocycles. The van der Waals surface area contributed by atoms with Crippen LogP contribution in [0.4, 0.5) is 0 Å². The van der Waals surface area contributed by atoms with Crippen LogP contribution < -0.4 is 0 Å². The normalized spacial score (nSPS) is 12.1. The van der Waals surface area contributed by atoms with E-state index in [4.69, 9.17) is 0 Å². The second kappa shape index (κ2) is 6.32. The highest BCUT2D eigenvalue weighted by Gasteiger charge is 1.86. The predicted octanol–water partition coefficient (Wildman–Crippen LogP) is 3.89. The summed E-state index contributed by atoms with van der Waals surface area (Å²) >= 11 is 4.67. The van der Waals surface area contributed by atoms with E-state index >= 15 is 0 Å². The Bertz CT molecular complexity index is 76.6. The molecule has 8 heavy (non-hydrogen) atoms. The lowest BCUT2D eigenvalue weighted by Gasteiger charge is -1.91. The van der Waals surface area contributed by atoms with E-state index in [1.54, 1.807) is 0 Å². The second-order valence-corrected chi connectivity index (χ2v) is 3.67. The van der Waals surface area contributed by atoms with Crippen LogP contribution in [-0.4, -0.2) is 0 Å². The first kappa shape index (κ1) is 9.20. The minimum atomic E-state index is 1.26. The SMILES string of the molecule is CCCC/C(I)=C\I. The van der Waals surface area contributed by atoms with Gasteiger partial charge in [-0.1, -0.05) is 35.9 Å². The van der Waals surface area contributed by atoms with Crippen LogP contribution in [0.3, 0.4) is 0 Å². The maximum atomic E-state index is 2.38. The summed E-state index contributed by atoms with van der Waals surface area (Å²) in [6, 6.07) is 0. The molecule has 0 nitrogen and oxygen atoms in total. The number of hydrogen-bond donors (Lipinski definition) is 0. The molecule has 0 aromatic heterocycles. The van der Waals surface area contributed by atoms with Gasteiger partial charge in [0, 0.05) is 0 Å². The molecular weight excluding hydrogens is 326 g/mol. The van der Waals surface area contributed by atoms with Crippen molar-refractivity contribution in [2.24, 2.45) is 0 Å². The smallest absolute Gasteiger partial charge is 0.00335 e. The Labute approximate surface area is 78.4 Å². The minimum Gasteiger partial charge on any atom is -0.0654 e. The number of unbranched alkanes of at least 4 members (excludes halogenated alkanes) is 1. The highest BCUT2D eigenvalue weighted by molar-refractivity contribution is 14.1. The lowest BCUT2D eigenvalue weighted by Crippen LogP contribution is -1.69. The summed E-state index contributed by atoms with van der Waals surface area (Å²) in [6.45, 7) is 2.22. The van der Waals surface area contributed by atoms with Gasteiger partial charge in [0.05, 0.1) is 0 Å². The van der Waals surface area contributed by atoms with Gasteiger partial charge in [-0.3, -0.25) is 0 Å². The van der Waals surface area contributed by atoms with E-state index in [9.17, 15) is 0 Å². The molecule has 0 bridgehead atoms. The van der Waals surface area contributed by atoms with Gasteiger partial charge in [-0.15, -0.1) is 0 Å². The van der Waals surface area contributed by atoms with E-state index < -0.39 is 0 Å². The van der Waals surface area contributed by atoms with Crippen LogP contribution in [-0.2, 0) is 0 Å². The summed E-state index contributed by atoms with van der Waals surface area (Å²) in [4.78, 5) is 0. The molecule has 0 rings (SSSR count). The summed E-state index contributed by atoms with van der Waals surface area (Å²) < 4.78 is 3.62. The van der Waals surface area contributed by atoms with Crippen LogP contribution in [0, 0.1) is 0 Å². The van der Waals surface area contributed by atoms with E-state index in [-0.39, 0.29) is 0 Å². The topological polar surface area (TPSA) is 0 Å². The third kappa shape index (κ3) is 5.34. The Morgan fingerprint density at radius 2 is 2.25 bits per heavy atom. The summed E-state index contributed by atoms with van der Waals surface area (Å²) in [5.74, 6) is 0. The highest BCUT2D eigenvalue weighted by Crippen LogP contribution is 2.16. The fourth-order valence-corrected chi connectivity index (χ4v) is 1.09. The monoisotopic (exact) mass is 336 g/mol. The van der Waals surface area contributed by atoms with E-state index in [1.165, 1.54) is 22.8 Å². The Morgan fingerprint density at radius 1 is 1.62 bits per heavy atom. The van der Waals surface area contributed by atoms with Crippen molar-refractivity contribution >= 4 is 45.2 Å². The average Bonchev–Trinajstić information content (AvgIpc) is 1.83. The predicted molar refractivity (Wildman–Crippen MR) is 55.6 cm³/mol. The van der Waals surface area contributed by atoms with Gasteiger partial charge in [0.2, 0.25) is 0 Å². The Kier molecular flexibility index (Phi) is 7.27. The molecule has 0 N–H and O–H groups in total. The van der Waals surface area contributed by atoms with Gasteiger partial charge >= 0.3 is 0 Å². The minimum absolute atomic E-state index is 1.26. The third-order valence-corrected chi connectivity index (χ3v) is 3.68. The zero-order valence-electron chi connectivity index (χ0n) is 4.95. The zero-order chi connectivity index (χ0) is 6.41. The maximum absolute atomic E-state index is 2.38. The molecule has 0 radical (unpaired) electrons. The van der Waals surface area contributed by atoms with Crippen molar-refractivity contribution in [2.75, 3.05) is 0 Å². The standard InChI is InChI=1S/C6H10I2/c1-2-3-4-6(8)5-7/h5H,2-4H2,1H3/b6-5+. The fraction of sp³-hybridized carbons (Fsp3) is 0.667. The van der Waals surface area contributed by atoms with Crippen molar-refractivity contribution in [3.63, 3.8) is 0 Å². The van der Waals surface area contributed by atoms with E-state index in [1.807, 2.05) is 0 Å². The van der Waals surface area contributed by atoms with Crippen LogP contribution in [0.1, 0.15) is 26.2 Å². The van der Waals surface area contributed by atoms with Crippen LogP contribution in [0.25, 0.3) is 0 Å². The number of hydrogen-bond acceptors (Lipinski definition) is 0. The highest BCUT2D eigenvalue weighted by atomic mass is 127. The number of allylic oxidation sites excluding steroid dienone is 1. The maximum Gasteiger partial charge on any atom is -0.00335 e. The Hall–Kier alpha value is 1.20. The average molecular weight is 336 g/mol. The van der Waals surface area contributed by atoms with Gasteiger partial charge in [-0.05, 0) is 43.1 Å². The summed E-state index contributed by atoms with van der Waals surface area (Å²) in [5.41, 5.74) is 0. The molecule has 0 fully saturated rings. The van der Waals surface area contributed by atoms with Crippen LogP contribution in [0.5, 0.6) is 0 Å². The molecule has 0 heterocycles. The Morgan fingerprint density at radius 3 is 2.62 bits per heavy atom. The second-order valence-electron chi connectivity index (χ2n) is 1.66. The molecule has 0 amide bonds. The molecule has 0 aliphatic heterocycles. The van der Waals surface area contributed by atoms with Crippen molar-refractivity contribution in [2.45, 2.75) is 26.2 Å². The van der Waals surface area contributed by atoms with Gasteiger partial charge < -0.3 is 0 Å². The summed E-state index contributed by atoms with van der Waals surface area (Å²) in [6.07, 6.45) is 3.90. The van der Waals surface area contributed by atoms with Crippen molar-refractivity contribution in [3.8, 4) is 0 Å². The van der Waals surface area contributed by atoms with Crippen LogP contribution in [0.2, 0.25) is 0 Å². The molecule has 2 heteroatoms. The molecule has 0 aliphatic carbocycles. The molecule has 0 aromatic rings. The van der Waals surface area contributed by atoms with Crippen LogP contribution in [0.15, 0.2) is 7.66 Å². The zero-order valence-corrected chi connectivity index (χ0v) is 9.27. The van der Waals surface area contributed by atoms with Gasteiger partial charge in [-0.2, -0.15) is 0 Å². The van der Waals surface area contributed by atoms with Crippen LogP contribution >= 0.6 is 45.2 Å². The molecule has 0 aromatic carbocycles. The molecule has 0 saturated carbocycles. The van der Waals surface area contributed by atoms with E-state index in [0.29, 0.717) is 0 Å². The quantitative estimate of drug-likeness (QED) is 0.686. The summed E-state index contributed by atoms with van der Waals surface area (Å²) in [5, 5.41) is 0. The molecule has 0 aliphatic rings. The fourth-order valence-electron chi connectivity index (χ4n) is 0.400. The first-order valence-corrected chi connectivity index (χ1v) is 5.08. The molecule has 0 unspecified atom stereocenters. The Balaban J connectivity index is 3.12. The third-order valence-electron chi connectivity index (χ3n) is 0.888. The molecule has 48 valence electrons. The van der Waals surface area contributed by atoms with Gasteiger partial charge in [0.15, 0.2) is 0 Å². The lowest BCUT2D eigenvalue weighted by atomic mass is 10.2.